The average molecular weight is 374 g/mol. The minimum atomic E-state index is -3.55. The molecular formula is C16H24ClN3O3S. The summed E-state index contributed by atoms with van der Waals surface area (Å²) >= 11 is 0. The number of nitrogens with one attached hydrogen (secondary N) is 3. The number of carbonyl (C=O) groups excluding carboxylic acids is 1. The van der Waals surface area contributed by atoms with Gasteiger partial charge in [0.15, 0.2) is 0 Å². The molecule has 0 saturated carbocycles. The van der Waals surface area contributed by atoms with Gasteiger partial charge in [-0.3, -0.25) is 4.79 Å². The molecule has 0 spiro atoms. The van der Waals surface area contributed by atoms with Crippen LogP contribution in [-0.4, -0.2) is 33.5 Å². The smallest absolute Gasteiger partial charge is 0.240 e. The zero-order valence-electron chi connectivity index (χ0n) is 13.7. The molecule has 2 unspecified atom stereocenters. The number of fused-ring (bicyclic) bond motifs is 1. The highest BCUT2D eigenvalue weighted by molar-refractivity contribution is 7.89. The van der Waals surface area contributed by atoms with Crippen LogP contribution in [0.3, 0.4) is 0 Å². The normalized spacial score (nSPS) is 24.3. The van der Waals surface area contributed by atoms with Crippen molar-refractivity contribution in [3.8, 4) is 0 Å². The van der Waals surface area contributed by atoms with Crippen LogP contribution in [0.2, 0.25) is 0 Å². The summed E-state index contributed by atoms with van der Waals surface area (Å²) in [5.74, 6) is 0.297. The Morgan fingerprint density at radius 1 is 1.25 bits per heavy atom. The predicted molar refractivity (Wildman–Crippen MR) is 96.0 cm³/mol. The van der Waals surface area contributed by atoms with Crippen LogP contribution in [0.25, 0.3) is 0 Å². The Labute approximate surface area is 149 Å². The van der Waals surface area contributed by atoms with Gasteiger partial charge in [0.25, 0.3) is 0 Å². The molecule has 24 heavy (non-hydrogen) atoms. The number of aryl methyl sites for hydroxylation is 1. The fourth-order valence-corrected chi connectivity index (χ4v) is 4.53. The third kappa shape index (κ3) is 4.27. The lowest BCUT2D eigenvalue weighted by Gasteiger charge is -2.30. The third-order valence-electron chi connectivity index (χ3n) is 4.65. The summed E-state index contributed by atoms with van der Waals surface area (Å²) in [5, 5.41) is 6.05. The van der Waals surface area contributed by atoms with Gasteiger partial charge in [0.05, 0.1) is 4.90 Å². The number of hydrogen-bond acceptors (Lipinski definition) is 4. The maximum absolute atomic E-state index is 12.7. The molecule has 1 aromatic rings. The molecule has 3 rings (SSSR count). The molecule has 2 aliphatic heterocycles. The van der Waals surface area contributed by atoms with E-state index in [4.69, 9.17) is 0 Å². The highest BCUT2D eigenvalue weighted by Crippen LogP contribution is 2.25. The van der Waals surface area contributed by atoms with Crippen LogP contribution in [-0.2, 0) is 21.2 Å². The van der Waals surface area contributed by atoms with Gasteiger partial charge in [0.2, 0.25) is 15.9 Å². The molecule has 134 valence electrons. The Morgan fingerprint density at radius 3 is 2.79 bits per heavy atom. The van der Waals surface area contributed by atoms with Crippen LogP contribution in [0, 0.1) is 5.92 Å². The Hall–Kier alpha value is -1.15. The van der Waals surface area contributed by atoms with Crippen LogP contribution in [0.15, 0.2) is 23.1 Å². The summed E-state index contributed by atoms with van der Waals surface area (Å²) in [6, 6.07) is 4.85. The van der Waals surface area contributed by atoms with Crippen molar-refractivity contribution in [3.63, 3.8) is 0 Å². The Balaban J connectivity index is 0.00000208. The molecule has 1 amide bonds. The molecule has 1 saturated heterocycles. The first-order chi connectivity index (χ1) is 11.0. The zero-order valence-corrected chi connectivity index (χ0v) is 15.3. The number of benzene rings is 1. The van der Waals surface area contributed by atoms with Crippen molar-refractivity contribution < 1.29 is 13.2 Å². The van der Waals surface area contributed by atoms with Gasteiger partial charge in [-0.25, -0.2) is 13.1 Å². The molecular weight excluding hydrogens is 350 g/mol. The van der Waals surface area contributed by atoms with Gasteiger partial charge in [0.1, 0.15) is 0 Å². The first kappa shape index (κ1) is 19.2. The second-order valence-electron chi connectivity index (χ2n) is 6.42. The lowest BCUT2D eigenvalue weighted by molar-refractivity contribution is -0.116. The number of rotatable bonds is 3. The monoisotopic (exact) mass is 373 g/mol. The second-order valence-corrected chi connectivity index (χ2v) is 8.13. The lowest BCUT2D eigenvalue weighted by Crippen LogP contribution is -2.50. The third-order valence-corrected chi connectivity index (χ3v) is 6.13. The number of halogens is 1. The van der Waals surface area contributed by atoms with Gasteiger partial charge < -0.3 is 10.6 Å². The summed E-state index contributed by atoms with van der Waals surface area (Å²) in [6.45, 7) is 3.65. The minimum Gasteiger partial charge on any atom is -0.326 e. The van der Waals surface area contributed by atoms with Crippen molar-refractivity contribution in [1.82, 2.24) is 10.0 Å². The number of amides is 1. The summed E-state index contributed by atoms with van der Waals surface area (Å²) < 4.78 is 28.1. The maximum atomic E-state index is 12.7. The highest BCUT2D eigenvalue weighted by atomic mass is 35.5. The molecule has 0 bridgehead atoms. The number of sulfonamides is 1. The van der Waals surface area contributed by atoms with E-state index in [0.29, 0.717) is 25.3 Å². The van der Waals surface area contributed by atoms with E-state index in [9.17, 15) is 13.2 Å². The summed E-state index contributed by atoms with van der Waals surface area (Å²) in [6.07, 6.45) is 2.88. The number of piperidine rings is 1. The molecule has 1 aromatic carbocycles. The molecule has 2 aliphatic rings. The summed E-state index contributed by atoms with van der Waals surface area (Å²) in [5.41, 5.74) is 1.60. The molecule has 2 heterocycles. The van der Waals surface area contributed by atoms with E-state index in [-0.39, 0.29) is 29.3 Å². The number of carbonyl (C=O) groups is 1. The van der Waals surface area contributed by atoms with Gasteiger partial charge >= 0.3 is 0 Å². The van der Waals surface area contributed by atoms with Crippen molar-refractivity contribution in [2.24, 2.45) is 5.92 Å². The molecule has 0 aromatic heterocycles. The summed E-state index contributed by atoms with van der Waals surface area (Å²) in [4.78, 5) is 11.8. The van der Waals surface area contributed by atoms with Gasteiger partial charge in [0, 0.05) is 24.7 Å². The van der Waals surface area contributed by atoms with E-state index in [1.807, 2.05) is 0 Å². The Morgan fingerprint density at radius 2 is 2.04 bits per heavy atom. The Kier molecular flexibility index (Phi) is 6.25. The molecule has 2 atom stereocenters. The minimum absolute atomic E-state index is 0. The molecule has 1 fully saturated rings. The van der Waals surface area contributed by atoms with E-state index in [1.165, 1.54) is 0 Å². The van der Waals surface area contributed by atoms with E-state index in [0.717, 1.165) is 30.6 Å². The van der Waals surface area contributed by atoms with Crippen molar-refractivity contribution in [1.29, 1.82) is 0 Å². The largest absolute Gasteiger partial charge is 0.326 e. The quantitative estimate of drug-likeness (QED) is 0.752. The van der Waals surface area contributed by atoms with Crippen molar-refractivity contribution in [2.75, 3.05) is 18.4 Å². The predicted octanol–water partition coefficient (Wildman–Crippen LogP) is 1.66. The van der Waals surface area contributed by atoms with Crippen molar-refractivity contribution in [3.05, 3.63) is 23.8 Å². The van der Waals surface area contributed by atoms with Crippen LogP contribution >= 0.6 is 12.4 Å². The SMILES string of the molecule is CC1CCNCC1NS(=O)(=O)c1ccc2c(c1)CCCC(=O)N2.Cl. The van der Waals surface area contributed by atoms with Gasteiger partial charge in [-0.1, -0.05) is 6.92 Å². The van der Waals surface area contributed by atoms with Crippen molar-refractivity contribution >= 4 is 34.0 Å². The average Bonchev–Trinajstić information content (AvgIpc) is 2.69. The van der Waals surface area contributed by atoms with Crippen LogP contribution in [0.4, 0.5) is 5.69 Å². The lowest BCUT2D eigenvalue weighted by atomic mass is 9.96. The van der Waals surface area contributed by atoms with Gasteiger partial charge in [-0.2, -0.15) is 0 Å². The standard InChI is InChI=1S/C16H23N3O3S.ClH/c1-11-7-8-17-10-15(11)19-23(21,22)13-5-6-14-12(9-13)3-2-4-16(20)18-14;/h5-6,9,11,15,17,19H,2-4,7-8,10H2,1H3,(H,18,20);1H. The van der Waals surface area contributed by atoms with Crippen LogP contribution in [0.1, 0.15) is 31.7 Å². The van der Waals surface area contributed by atoms with E-state index in [2.05, 4.69) is 22.3 Å². The zero-order chi connectivity index (χ0) is 16.4. The fourth-order valence-electron chi connectivity index (χ4n) is 3.13. The van der Waals surface area contributed by atoms with Crippen LogP contribution in [0.5, 0.6) is 0 Å². The molecule has 6 nitrogen and oxygen atoms in total. The molecule has 8 heteroatoms. The van der Waals surface area contributed by atoms with E-state index < -0.39 is 10.0 Å². The maximum Gasteiger partial charge on any atom is 0.240 e. The van der Waals surface area contributed by atoms with Crippen molar-refractivity contribution in [2.45, 2.75) is 43.5 Å². The number of hydrogen-bond donors (Lipinski definition) is 3. The first-order valence-corrected chi connectivity index (χ1v) is 9.60. The molecule has 3 N–H and O–H groups in total. The van der Waals surface area contributed by atoms with Gasteiger partial charge in [-0.05, 0) is 55.5 Å². The highest BCUT2D eigenvalue weighted by Gasteiger charge is 2.27. The van der Waals surface area contributed by atoms with Gasteiger partial charge in [-0.15, -0.1) is 12.4 Å². The molecule has 0 aliphatic carbocycles. The van der Waals surface area contributed by atoms with Crippen LogP contribution < -0.4 is 15.4 Å². The second kappa shape index (κ2) is 7.82. The van der Waals surface area contributed by atoms with E-state index >= 15 is 0 Å². The fraction of sp³-hybridized carbons (Fsp3) is 0.562. The summed E-state index contributed by atoms with van der Waals surface area (Å²) in [7, 11) is -3.55. The first-order valence-electron chi connectivity index (χ1n) is 8.11. The molecule has 0 radical (unpaired) electrons. The van der Waals surface area contributed by atoms with E-state index in [1.54, 1.807) is 18.2 Å². The Bertz CT molecular complexity index is 709. The number of anilines is 1. The topological polar surface area (TPSA) is 87.3 Å².